The van der Waals surface area contributed by atoms with E-state index in [0.29, 0.717) is 11.5 Å². The molecule has 2 heterocycles. The first-order valence-corrected chi connectivity index (χ1v) is 9.05. The van der Waals surface area contributed by atoms with Crippen LogP contribution in [0.1, 0.15) is 19.3 Å². The van der Waals surface area contributed by atoms with Crippen molar-refractivity contribution in [3.8, 4) is 0 Å². The van der Waals surface area contributed by atoms with Crippen LogP contribution in [0.2, 0.25) is 0 Å². The van der Waals surface area contributed by atoms with Crippen molar-refractivity contribution >= 4 is 23.8 Å². The number of aliphatic imine (C=N–C) groups is 2. The molecule has 0 aromatic heterocycles. The third-order valence-corrected chi connectivity index (χ3v) is 5.12. The van der Waals surface area contributed by atoms with Gasteiger partial charge < -0.3 is 31.1 Å². The van der Waals surface area contributed by atoms with Crippen LogP contribution >= 0.6 is 11.6 Å². The molecular formula is C16H24ClN5O4. The van der Waals surface area contributed by atoms with Crippen LogP contribution in [0, 0.1) is 0 Å². The third-order valence-electron chi connectivity index (χ3n) is 4.82. The van der Waals surface area contributed by atoms with Crippen LogP contribution in [0.3, 0.4) is 0 Å². The van der Waals surface area contributed by atoms with Gasteiger partial charge in [0.1, 0.15) is 29.8 Å². The van der Waals surface area contributed by atoms with E-state index in [-0.39, 0.29) is 17.7 Å². The third kappa shape index (κ3) is 3.45. The van der Waals surface area contributed by atoms with Gasteiger partial charge in [0.25, 0.3) is 0 Å². The van der Waals surface area contributed by atoms with Crippen LogP contribution in [0.4, 0.5) is 0 Å². The summed E-state index contributed by atoms with van der Waals surface area (Å²) in [4.78, 5) is 9.94. The van der Waals surface area contributed by atoms with E-state index < -0.39 is 30.6 Å². The van der Waals surface area contributed by atoms with Gasteiger partial charge in [0.2, 0.25) is 0 Å². The Labute approximate surface area is 156 Å². The molecule has 3 rings (SSSR count). The molecule has 6 atom stereocenters. The summed E-state index contributed by atoms with van der Waals surface area (Å²) in [5.41, 5.74) is 6.50. The van der Waals surface area contributed by atoms with Crippen molar-refractivity contribution in [2.24, 2.45) is 15.7 Å². The zero-order chi connectivity index (χ0) is 18.8. The van der Waals surface area contributed by atoms with Gasteiger partial charge in [-0.25, -0.2) is 9.98 Å². The highest BCUT2D eigenvalue weighted by molar-refractivity contribution is 6.18. The Hall–Kier alpha value is -1.65. The fourth-order valence-electron chi connectivity index (χ4n) is 3.41. The summed E-state index contributed by atoms with van der Waals surface area (Å²) in [6.07, 6.45) is 0.831. The van der Waals surface area contributed by atoms with Crippen LogP contribution < -0.4 is 11.1 Å². The Morgan fingerprint density at radius 3 is 2.81 bits per heavy atom. The van der Waals surface area contributed by atoms with Crippen LogP contribution in [0.15, 0.2) is 34.3 Å². The second-order valence-corrected chi connectivity index (χ2v) is 6.81. The van der Waals surface area contributed by atoms with Gasteiger partial charge in [-0.15, -0.1) is 11.6 Å². The number of nitrogens with two attached hydrogens (primary N) is 1. The van der Waals surface area contributed by atoms with E-state index >= 15 is 0 Å². The van der Waals surface area contributed by atoms with E-state index in [9.17, 15) is 15.3 Å². The van der Waals surface area contributed by atoms with Crippen LogP contribution in [-0.4, -0.2) is 75.0 Å². The average Bonchev–Trinajstić information content (AvgIpc) is 3.29. The smallest absolute Gasteiger partial charge is 0.165 e. The van der Waals surface area contributed by atoms with E-state index in [2.05, 4.69) is 21.9 Å². The van der Waals surface area contributed by atoms with Crippen LogP contribution in [0.5, 0.6) is 0 Å². The molecule has 0 bridgehead atoms. The minimum atomic E-state index is -1.19. The monoisotopic (exact) mass is 385 g/mol. The van der Waals surface area contributed by atoms with Crippen molar-refractivity contribution in [1.29, 1.82) is 0 Å². The van der Waals surface area contributed by atoms with Gasteiger partial charge in [0.05, 0.1) is 24.4 Å². The summed E-state index contributed by atoms with van der Waals surface area (Å²) in [6, 6.07) is -0.146. The number of hydrogen-bond acceptors (Lipinski definition) is 8. The first-order chi connectivity index (χ1) is 12.5. The van der Waals surface area contributed by atoms with Gasteiger partial charge in [-0.1, -0.05) is 6.58 Å². The van der Waals surface area contributed by atoms with E-state index in [4.69, 9.17) is 22.1 Å². The highest BCUT2D eigenvalue weighted by Crippen LogP contribution is 2.28. The first-order valence-electron chi connectivity index (χ1n) is 8.51. The Bertz CT molecular complexity index is 640. The molecule has 1 saturated carbocycles. The molecule has 0 aromatic carbocycles. The molecule has 0 spiro atoms. The molecule has 0 radical (unpaired) electrons. The maximum atomic E-state index is 10.3. The molecule has 2 fully saturated rings. The minimum Gasteiger partial charge on any atom is -0.391 e. The second-order valence-electron chi connectivity index (χ2n) is 6.50. The van der Waals surface area contributed by atoms with Crippen molar-refractivity contribution in [3.05, 3.63) is 24.3 Å². The number of amidine groups is 1. The molecule has 9 nitrogen and oxygen atoms in total. The van der Waals surface area contributed by atoms with Crippen molar-refractivity contribution in [2.75, 3.05) is 5.88 Å². The zero-order valence-corrected chi connectivity index (χ0v) is 15.0. The predicted molar refractivity (Wildman–Crippen MR) is 97.4 cm³/mol. The molecule has 3 aliphatic rings. The van der Waals surface area contributed by atoms with Crippen molar-refractivity contribution in [3.63, 3.8) is 0 Å². The van der Waals surface area contributed by atoms with Gasteiger partial charge in [-0.3, -0.25) is 4.90 Å². The molecule has 0 amide bonds. The van der Waals surface area contributed by atoms with Crippen molar-refractivity contribution in [1.82, 2.24) is 10.2 Å². The number of aliphatic hydroxyl groups is 3. The first kappa shape index (κ1) is 19.1. The van der Waals surface area contributed by atoms with E-state index in [1.54, 1.807) is 0 Å². The van der Waals surface area contributed by atoms with Crippen molar-refractivity contribution < 1.29 is 20.1 Å². The Morgan fingerprint density at radius 2 is 2.23 bits per heavy atom. The van der Waals surface area contributed by atoms with Crippen LogP contribution in [0.25, 0.3) is 0 Å². The van der Waals surface area contributed by atoms with Gasteiger partial charge in [0.15, 0.2) is 12.1 Å². The summed E-state index contributed by atoms with van der Waals surface area (Å²) in [7, 11) is 0. The molecule has 2 aliphatic heterocycles. The number of ether oxygens (including phenoxy) is 1. The largest absolute Gasteiger partial charge is 0.391 e. The van der Waals surface area contributed by atoms with Crippen molar-refractivity contribution in [2.45, 2.75) is 55.9 Å². The Morgan fingerprint density at radius 1 is 1.46 bits per heavy atom. The SMILES string of the molecule is C=C/N=C1\C(=C(/N)NC2CCC[C@H]2O)N=CN1[C@@H]1O[C@H](CCl)[C@@H](O)[C@H]1O. The fourth-order valence-corrected chi connectivity index (χ4v) is 3.66. The number of halogens is 1. The lowest BCUT2D eigenvalue weighted by Gasteiger charge is -2.26. The highest BCUT2D eigenvalue weighted by atomic mass is 35.5. The normalized spacial score (nSPS) is 40.5. The molecule has 26 heavy (non-hydrogen) atoms. The van der Waals surface area contributed by atoms with E-state index in [0.717, 1.165) is 19.3 Å². The molecule has 6 N–H and O–H groups in total. The molecule has 1 saturated heterocycles. The summed E-state index contributed by atoms with van der Waals surface area (Å²) in [5, 5.41) is 33.4. The quantitative estimate of drug-likeness (QED) is 0.390. The standard InChI is InChI=1S/C16H24ClN5O4/c1-2-19-15-11(14(18)21-8-4-3-5-9(8)23)20-7-22(15)16-13(25)12(24)10(6-17)26-16/h2,7-10,12-13,16,21,23-25H,1,3-6,18H2/b14-11-,19-15+/t8?,9-,10-,12-,13-,16-/m1/s1. The fraction of sp³-hybridized carbons (Fsp3) is 0.625. The molecular weight excluding hydrogens is 362 g/mol. The summed E-state index contributed by atoms with van der Waals surface area (Å²) < 4.78 is 5.64. The summed E-state index contributed by atoms with van der Waals surface area (Å²) in [5.74, 6) is 0.626. The van der Waals surface area contributed by atoms with Crippen LogP contribution in [-0.2, 0) is 4.74 Å². The predicted octanol–water partition coefficient (Wildman–Crippen LogP) is -0.811. The summed E-state index contributed by atoms with van der Waals surface area (Å²) in [6.45, 7) is 3.59. The lowest BCUT2D eigenvalue weighted by Crippen LogP contribution is -2.45. The number of alkyl halides is 1. The van der Waals surface area contributed by atoms with Gasteiger partial charge >= 0.3 is 0 Å². The lowest BCUT2D eigenvalue weighted by molar-refractivity contribution is -0.0295. The average molecular weight is 386 g/mol. The topological polar surface area (TPSA) is 136 Å². The number of rotatable bonds is 5. The summed E-state index contributed by atoms with van der Waals surface area (Å²) >= 11 is 5.77. The molecule has 10 heteroatoms. The van der Waals surface area contributed by atoms with Gasteiger partial charge in [-0.2, -0.15) is 0 Å². The number of nitrogens with one attached hydrogen (secondary N) is 1. The highest BCUT2D eigenvalue weighted by Gasteiger charge is 2.47. The Kier molecular flexibility index (Phi) is 5.83. The van der Waals surface area contributed by atoms with E-state index in [1.807, 2.05) is 0 Å². The number of hydrogen-bond donors (Lipinski definition) is 5. The molecule has 1 aliphatic carbocycles. The second kappa shape index (κ2) is 7.93. The maximum Gasteiger partial charge on any atom is 0.165 e. The Balaban J connectivity index is 1.82. The molecule has 1 unspecified atom stereocenters. The van der Waals surface area contributed by atoms with Gasteiger partial charge in [0, 0.05) is 6.20 Å². The molecule has 0 aromatic rings. The zero-order valence-electron chi connectivity index (χ0n) is 14.2. The number of aliphatic hydroxyl groups excluding tert-OH is 3. The lowest BCUT2D eigenvalue weighted by atomic mass is 10.1. The molecule has 144 valence electrons. The minimum absolute atomic E-state index is 0.0413. The van der Waals surface area contributed by atoms with Gasteiger partial charge in [-0.05, 0) is 19.3 Å². The number of nitrogens with zero attached hydrogens (tertiary/aromatic N) is 3. The maximum absolute atomic E-state index is 10.3. The van der Waals surface area contributed by atoms with E-state index in [1.165, 1.54) is 17.4 Å².